The minimum Gasteiger partial charge on any atom is -0.451 e. The monoisotopic (exact) mass is 315 g/mol. The summed E-state index contributed by atoms with van der Waals surface area (Å²) >= 11 is 0. The number of halogens is 3. The van der Waals surface area contributed by atoms with Gasteiger partial charge in [-0.1, -0.05) is 6.07 Å². The van der Waals surface area contributed by atoms with Crippen molar-refractivity contribution in [2.75, 3.05) is 13.2 Å². The fraction of sp³-hybridized carbons (Fsp3) is 0.308. The minimum atomic E-state index is -4.52. The lowest BCUT2D eigenvalue weighted by molar-refractivity contribution is -0.140. The van der Waals surface area contributed by atoms with Crippen LogP contribution in [-0.2, 0) is 9.53 Å². The summed E-state index contributed by atoms with van der Waals surface area (Å²) in [7, 11) is 0. The van der Waals surface area contributed by atoms with Gasteiger partial charge in [-0.05, 0) is 19.1 Å². The van der Waals surface area contributed by atoms with Crippen LogP contribution in [0.25, 0.3) is 5.65 Å². The topological polar surface area (TPSA) is 72.7 Å². The molecular formula is C13H12F3N3O3. The van der Waals surface area contributed by atoms with Crippen LogP contribution in [0.3, 0.4) is 0 Å². The Balaban J connectivity index is 1.94. The first-order valence-corrected chi connectivity index (χ1v) is 6.21. The maximum absolute atomic E-state index is 11.9. The molecular weight excluding hydrogens is 303 g/mol. The lowest BCUT2D eigenvalue weighted by Crippen LogP contribution is -2.36. The van der Waals surface area contributed by atoms with E-state index in [0.29, 0.717) is 5.65 Å². The average molecular weight is 315 g/mol. The zero-order valence-corrected chi connectivity index (χ0v) is 11.5. The van der Waals surface area contributed by atoms with E-state index < -0.39 is 31.2 Å². The highest BCUT2D eigenvalue weighted by molar-refractivity contribution is 5.90. The van der Waals surface area contributed by atoms with Crippen molar-refractivity contribution in [3.63, 3.8) is 0 Å². The predicted molar refractivity (Wildman–Crippen MR) is 69.3 cm³/mol. The summed E-state index contributed by atoms with van der Waals surface area (Å²) in [6.45, 7) is -0.465. The molecule has 0 aromatic carbocycles. The van der Waals surface area contributed by atoms with E-state index in [4.69, 9.17) is 0 Å². The molecule has 0 spiro atoms. The molecule has 2 rings (SSSR count). The van der Waals surface area contributed by atoms with Gasteiger partial charge >= 0.3 is 12.1 Å². The fourth-order valence-electron chi connectivity index (χ4n) is 1.70. The van der Waals surface area contributed by atoms with Crippen molar-refractivity contribution in [1.82, 2.24) is 14.7 Å². The highest BCUT2D eigenvalue weighted by atomic mass is 19.4. The van der Waals surface area contributed by atoms with Gasteiger partial charge in [0.05, 0.1) is 0 Å². The second kappa shape index (κ2) is 6.04. The van der Waals surface area contributed by atoms with Gasteiger partial charge in [-0.3, -0.25) is 4.79 Å². The number of hydrogen-bond acceptors (Lipinski definition) is 4. The summed E-state index contributed by atoms with van der Waals surface area (Å²) in [5.74, 6) is -1.92. The van der Waals surface area contributed by atoms with Gasteiger partial charge in [0, 0.05) is 11.9 Å². The number of amides is 1. The van der Waals surface area contributed by atoms with E-state index in [1.807, 2.05) is 13.0 Å². The predicted octanol–water partition coefficient (Wildman–Crippen LogP) is 1.48. The first kappa shape index (κ1) is 15.8. The molecule has 1 N–H and O–H groups in total. The highest BCUT2D eigenvalue weighted by Crippen LogP contribution is 2.12. The maximum Gasteiger partial charge on any atom is 0.405 e. The number of esters is 1. The summed E-state index contributed by atoms with van der Waals surface area (Å²) in [5.41, 5.74) is 1.33. The number of hydrogen-bond donors (Lipinski definition) is 1. The Labute approximate surface area is 122 Å². The normalized spacial score (nSPS) is 11.5. The highest BCUT2D eigenvalue weighted by Gasteiger charge is 2.27. The molecule has 2 aromatic heterocycles. The van der Waals surface area contributed by atoms with Crippen molar-refractivity contribution in [3.8, 4) is 0 Å². The molecule has 9 heteroatoms. The molecule has 1 amide bonds. The standard InChI is InChI=1S/C13H12F3N3O3/c1-8-3-2-4-10-18-9(5-19(8)10)12(21)22-6-11(20)17-7-13(14,15)16/h2-5H,6-7H2,1H3,(H,17,20). The lowest BCUT2D eigenvalue weighted by atomic mass is 10.4. The number of aromatic nitrogens is 2. The van der Waals surface area contributed by atoms with Crippen molar-refractivity contribution in [1.29, 1.82) is 0 Å². The van der Waals surface area contributed by atoms with Crippen LogP contribution in [0.2, 0.25) is 0 Å². The second-order valence-electron chi connectivity index (χ2n) is 4.49. The number of alkyl halides is 3. The zero-order chi connectivity index (χ0) is 16.3. The Kier molecular flexibility index (Phi) is 4.34. The van der Waals surface area contributed by atoms with Crippen LogP contribution >= 0.6 is 0 Å². The number of carbonyl (C=O) groups excluding carboxylic acids is 2. The lowest BCUT2D eigenvalue weighted by Gasteiger charge is -2.08. The summed E-state index contributed by atoms with van der Waals surface area (Å²) in [6, 6.07) is 5.26. The van der Waals surface area contributed by atoms with Crippen molar-refractivity contribution in [2.45, 2.75) is 13.1 Å². The molecule has 0 fully saturated rings. The van der Waals surface area contributed by atoms with E-state index in [1.165, 1.54) is 6.20 Å². The van der Waals surface area contributed by atoms with E-state index in [0.717, 1.165) is 5.69 Å². The first-order chi connectivity index (χ1) is 10.3. The third-order valence-corrected chi connectivity index (χ3v) is 2.73. The molecule has 118 valence electrons. The second-order valence-corrected chi connectivity index (χ2v) is 4.49. The third-order valence-electron chi connectivity index (χ3n) is 2.73. The average Bonchev–Trinajstić information content (AvgIpc) is 2.87. The number of ether oxygens (including phenoxy) is 1. The van der Waals surface area contributed by atoms with Crippen molar-refractivity contribution >= 4 is 17.5 Å². The van der Waals surface area contributed by atoms with E-state index in [-0.39, 0.29) is 5.69 Å². The Morgan fingerprint density at radius 3 is 2.73 bits per heavy atom. The maximum atomic E-state index is 11.9. The van der Waals surface area contributed by atoms with Crippen molar-refractivity contribution in [2.24, 2.45) is 0 Å². The Bertz CT molecular complexity index is 709. The molecule has 0 aliphatic heterocycles. The third kappa shape index (κ3) is 3.96. The molecule has 0 unspecified atom stereocenters. The van der Waals surface area contributed by atoms with E-state index in [1.54, 1.807) is 21.9 Å². The smallest absolute Gasteiger partial charge is 0.405 e. The Morgan fingerprint density at radius 2 is 2.09 bits per heavy atom. The van der Waals surface area contributed by atoms with E-state index in [9.17, 15) is 22.8 Å². The molecule has 22 heavy (non-hydrogen) atoms. The summed E-state index contributed by atoms with van der Waals surface area (Å²) in [6.07, 6.45) is -3.08. The molecule has 0 bridgehead atoms. The van der Waals surface area contributed by atoms with Crippen LogP contribution in [0.15, 0.2) is 24.4 Å². The van der Waals surface area contributed by atoms with Crippen molar-refractivity contribution < 1.29 is 27.5 Å². The van der Waals surface area contributed by atoms with Crippen molar-refractivity contribution in [3.05, 3.63) is 35.8 Å². The summed E-state index contributed by atoms with van der Waals surface area (Å²) in [4.78, 5) is 26.9. The zero-order valence-electron chi connectivity index (χ0n) is 11.5. The molecule has 2 heterocycles. The van der Waals surface area contributed by atoms with Crippen LogP contribution in [0.4, 0.5) is 13.2 Å². The van der Waals surface area contributed by atoms with Crippen LogP contribution < -0.4 is 5.32 Å². The van der Waals surface area contributed by atoms with Gasteiger partial charge in [0.2, 0.25) is 0 Å². The van der Waals surface area contributed by atoms with E-state index in [2.05, 4.69) is 9.72 Å². The molecule has 6 nitrogen and oxygen atoms in total. The number of aryl methyl sites for hydroxylation is 1. The van der Waals surface area contributed by atoms with Crippen LogP contribution in [0.5, 0.6) is 0 Å². The number of nitrogens with one attached hydrogen (secondary N) is 1. The van der Waals surface area contributed by atoms with Gasteiger partial charge in [-0.25, -0.2) is 9.78 Å². The largest absolute Gasteiger partial charge is 0.451 e. The minimum absolute atomic E-state index is 0.0297. The van der Waals surface area contributed by atoms with Gasteiger partial charge < -0.3 is 14.5 Å². The van der Waals surface area contributed by atoms with Crippen LogP contribution in [0.1, 0.15) is 16.2 Å². The first-order valence-electron chi connectivity index (χ1n) is 6.21. The van der Waals surface area contributed by atoms with Crippen LogP contribution in [-0.4, -0.2) is 40.6 Å². The number of fused-ring (bicyclic) bond motifs is 1. The van der Waals surface area contributed by atoms with Gasteiger partial charge in [0.15, 0.2) is 12.3 Å². The number of rotatable bonds is 4. The molecule has 0 aliphatic rings. The van der Waals surface area contributed by atoms with Crippen LogP contribution in [0, 0.1) is 6.92 Å². The van der Waals surface area contributed by atoms with Gasteiger partial charge in [-0.2, -0.15) is 13.2 Å². The SMILES string of the molecule is Cc1cccc2nc(C(=O)OCC(=O)NCC(F)(F)F)cn12. The quantitative estimate of drug-likeness (QED) is 0.868. The number of imidazole rings is 1. The molecule has 0 radical (unpaired) electrons. The van der Waals surface area contributed by atoms with Gasteiger partial charge in [-0.15, -0.1) is 0 Å². The molecule has 0 atom stereocenters. The molecule has 2 aromatic rings. The van der Waals surface area contributed by atoms with Gasteiger partial charge in [0.1, 0.15) is 12.2 Å². The number of nitrogens with zero attached hydrogens (tertiary/aromatic N) is 2. The number of pyridine rings is 1. The Morgan fingerprint density at radius 1 is 1.36 bits per heavy atom. The summed E-state index contributed by atoms with van der Waals surface area (Å²) in [5, 5.41) is 1.60. The number of carbonyl (C=O) groups is 2. The van der Waals surface area contributed by atoms with E-state index >= 15 is 0 Å². The molecule has 0 aliphatic carbocycles. The molecule has 0 saturated carbocycles. The van der Waals surface area contributed by atoms with Gasteiger partial charge in [0.25, 0.3) is 5.91 Å². The molecule has 0 saturated heterocycles. The Hall–Kier alpha value is -2.58. The summed E-state index contributed by atoms with van der Waals surface area (Å²) < 4.78 is 42.0. The fourth-order valence-corrected chi connectivity index (χ4v) is 1.70.